The molecule has 0 bridgehead atoms. The molecule has 0 heterocycles. The highest BCUT2D eigenvalue weighted by molar-refractivity contribution is 5.93. The lowest BCUT2D eigenvalue weighted by molar-refractivity contribution is 0.101. The van der Waals surface area contributed by atoms with Gasteiger partial charge in [0, 0.05) is 5.56 Å². The summed E-state index contributed by atoms with van der Waals surface area (Å²) in [6.45, 7) is 5.22. The maximum absolute atomic E-state index is 10.9. The highest BCUT2D eigenvalue weighted by Gasteiger charge is 1.96. The normalized spacial score (nSPS) is 9.42. The van der Waals surface area contributed by atoms with Crippen molar-refractivity contribution in [2.45, 2.75) is 13.3 Å². The number of allylic oxidation sites excluding steroid dienone is 1. The Morgan fingerprint density at radius 1 is 1.42 bits per heavy atom. The van der Waals surface area contributed by atoms with E-state index in [2.05, 4.69) is 6.58 Å². The third kappa shape index (κ3) is 2.06. The highest BCUT2D eigenvalue weighted by Crippen LogP contribution is 2.05. The van der Waals surface area contributed by atoms with Gasteiger partial charge in [0.25, 0.3) is 0 Å². The molecule has 1 heteroatoms. The molecule has 0 fully saturated rings. The Morgan fingerprint density at radius 2 is 2.00 bits per heavy atom. The molecule has 62 valence electrons. The molecule has 0 saturated heterocycles. The molecule has 0 aliphatic heterocycles. The summed E-state index contributed by atoms with van der Waals surface area (Å²) >= 11 is 0. The van der Waals surface area contributed by atoms with E-state index < -0.39 is 0 Å². The first-order chi connectivity index (χ1) is 5.74. The molecule has 0 saturated carbocycles. The molecule has 0 aliphatic carbocycles. The molecule has 1 nitrogen and oxygen atoms in total. The Labute approximate surface area is 72.7 Å². The van der Waals surface area contributed by atoms with Crippen molar-refractivity contribution >= 4 is 5.78 Å². The molecule has 12 heavy (non-hydrogen) atoms. The first-order valence-electron chi connectivity index (χ1n) is 3.95. The van der Waals surface area contributed by atoms with Crippen LogP contribution in [0.15, 0.2) is 36.9 Å². The van der Waals surface area contributed by atoms with Crippen LogP contribution < -0.4 is 0 Å². The van der Waals surface area contributed by atoms with Gasteiger partial charge >= 0.3 is 0 Å². The number of ketones is 1. The predicted octanol–water partition coefficient (Wildman–Crippen LogP) is 2.62. The molecule has 0 unspecified atom stereocenters. The fraction of sp³-hybridized carbons (Fsp3) is 0.182. The Morgan fingerprint density at radius 3 is 2.42 bits per heavy atom. The topological polar surface area (TPSA) is 17.1 Å². The Kier molecular flexibility index (Phi) is 2.81. The van der Waals surface area contributed by atoms with Crippen molar-refractivity contribution in [2.24, 2.45) is 0 Å². The van der Waals surface area contributed by atoms with Crippen molar-refractivity contribution in [1.82, 2.24) is 0 Å². The van der Waals surface area contributed by atoms with E-state index in [1.54, 1.807) is 6.92 Å². The molecular weight excluding hydrogens is 148 g/mol. The van der Waals surface area contributed by atoms with Gasteiger partial charge in [-0.05, 0) is 18.9 Å². The SMILES string of the molecule is C=CCc1ccc(C(C)=O)cc1. The van der Waals surface area contributed by atoms with Crippen molar-refractivity contribution in [3.05, 3.63) is 48.0 Å². The highest BCUT2D eigenvalue weighted by atomic mass is 16.1. The Hall–Kier alpha value is -1.37. The zero-order valence-electron chi connectivity index (χ0n) is 7.21. The fourth-order valence-corrected chi connectivity index (χ4v) is 1.04. The van der Waals surface area contributed by atoms with E-state index in [0.717, 1.165) is 12.0 Å². The summed E-state index contributed by atoms with van der Waals surface area (Å²) in [5.74, 6) is 0.111. The molecule has 0 amide bonds. The van der Waals surface area contributed by atoms with E-state index in [9.17, 15) is 4.79 Å². The molecule has 0 N–H and O–H groups in total. The van der Waals surface area contributed by atoms with Gasteiger partial charge in [0.15, 0.2) is 5.78 Å². The third-order valence-corrected chi connectivity index (χ3v) is 1.74. The lowest BCUT2D eigenvalue weighted by Gasteiger charge is -1.97. The second-order valence-corrected chi connectivity index (χ2v) is 2.75. The van der Waals surface area contributed by atoms with Gasteiger partial charge < -0.3 is 0 Å². The summed E-state index contributed by atoms with van der Waals surface area (Å²) in [5, 5.41) is 0. The van der Waals surface area contributed by atoms with Crippen molar-refractivity contribution in [3.63, 3.8) is 0 Å². The maximum atomic E-state index is 10.9. The molecule has 1 aromatic rings. The van der Waals surface area contributed by atoms with Crippen LogP contribution in [-0.2, 0) is 6.42 Å². The molecular formula is C11H12O. The average Bonchev–Trinajstić information content (AvgIpc) is 2.06. The van der Waals surface area contributed by atoms with Gasteiger partial charge in [-0.2, -0.15) is 0 Å². The maximum Gasteiger partial charge on any atom is 0.159 e. The zero-order valence-corrected chi connectivity index (χ0v) is 7.21. The Balaban J connectivity index is 2.85. The van der Waals surface area contributed by atoms with Crippen LogP contribution in [0.3, 0.4) is 0 Å². The molecule has 1 rings (SSSR count). The summed E-state index contributed by atoms with van der Waals surface area (Å²) in [6.07, 6.45) is 2.71. The minimum Gasteiger partial charge on any atom is -0.295 e. The lowest BCUT2D eigenvalue weighted by Crippen LogP contribution is -1.91. The molecule has 0 atom stereocenters. The van der Waals surface area contributed by atoms with Gasteiger partial charge in [-0.25, -0.2) is 0 Å². The second-order valence-electron chi connectivity index (χ2n) is 2.75. The second kappa shape index (κ2) is 3.86. The van der Waals surface area contributed by atoms with Crippen LogP contribution in [0.4, 0.5) is 0 Å². The summed E-state index contributed by atoms with van der Waals surface area (Å²) in [5.41, 5.74) is 1.96. The van der Waals surface area contributed by atoms with Crippen molar-refractivity contribution < 1.29 is 4.79 Å². The number of benzene rings is 1. The standard InChI is InChI=1S/C11H12O/c1-3-4-10-5-7-11(8-6-10)9(2)12/h3,5-8H,1,4H2,2H3. The molecule has 0 aliphatic rings. The van der Waals surface area contributed by atoms with E-state index in [4.69, 9.17) is 0 Å². The molecule has 0 aromatic heterocycles. The van der Waals surface area contributed by atoms with Crippen LogP contribution in [0.2, 0.25) is 0 Å². The largest absolute Gasteiger partial charge is 0.295 e. The van der Waals surface area contributed by atoms with Gasteiger partial charge in [-0.3, -0.25) is 4.79 Å². The smallest absolute Gasteiger partial charge is 0.159 e. The minimum absolute atomic E-state index is 0.111. The van der Waals surface area contributed by atoms with E-state index >= 15 is 0 Å². The van der Waals surface area contributed by atoms with E-state index in [1.165, 1.54) is 5.56 Å². The van der Waals surface area contributed by atoms with Crippen LogP contribution in [0, 0.1) is 0 Å². The van der Waals surface area contributed by atoms with Crippen LogP contribution in [0.1, 0.15) is 22.8 Å². The average molecular weight is 160 g/mol. The van der Waals surface area contributed by atoms with Crippen molar-refractivity contribution in [1.29, 1.82) is 0 Å². The van der Waals surface area contributed by atoms with Crippen LogP contribution in [-0.4, -0.2) is 5.78 Å². The summed E-state index contributed by atoms with van der Waals surface area (Å²) < 4.78 is 0. The number of carbonyl (C=O) groups excluding carboxylic acids is 1. The van der Waals surface area contributed by atoms with Gasteiger partial charge in [0.05, 0.1) is 0 Å². The monoisotopic (exact) mass is 160 g/mol. The number of rotatable bonds is 3. The van der Waals surface area contributed by atoms with Crippen molar-refractivity contribution in [3.8, 4) is 0 Å². The first kappa shape index (κ1) is 8.72. The number of carbonyl (C=O) groups is 1. The van der Waals surface area contributed by atoms with Gasteiger partial charge in [0.1, 0.15) is 0 Å². The van der Waals surface area contributed by atoms with Gasteiger partial charge in [0.2, 0.25) is 0 Å². The quantitative estimate of drug-likeness (QED) is 0.490. The summed E-state index contributed by atoms with van der Waals surface area (Å²) in [6, 6.07) is 7.61. The van der Waals surface area contributed by atoms with Gasteiger partial charge in [-0.1, -0.05) is 30.3 Å². The fourth-order valence-electron chi connectivity index (χ4n) is 1.04. The first-order valence-corrected chi connectivity index (χ1v) is 3.95. The summed E-state index contributed by atoms with van der Waals surface area (Å²) in [7, 11) is 0. The summed E-state index contributed by atoms with van der Waals surface area (Å²) in [4.78, 5) is 10.9. The van der Waals surface area contributed by atoms with E-state index in [0.29, 0.717) is 0 Å². The third-order valence-electron chi connectivity index (χ3n) is 1.74. The predicted molar refractivity (Wildman–Crippen MR) is 50.3 cm³/mol. The van der Waals surface area contributed by atoms with Crippen LogP contribution in [0.25, 0.3) is 0 Å². The number of hydrogen-bond acceptors (Lipinski definition) is 1. The van der Waals surface area contributed by atoms with Crippen molar-refractivity contribution in [2.75, 3.05) is 0 Å². The number of Topliss-reactive ketones (excluding diaryl/α,β-unsaturated/α-hetero) is 1. The van der Waals surface area contributed by atoms with Crippen LogP contribution in [0.5, 0.6) is 0 Å². The van der Waals surface area contributed by atoms with E-state index in [1.807, 2.05) is 30.3 Å². The van der Waals surface area contributed by atoms with Gasteiger partial charge in [-0.15, -0.1) is 6.58 Å². The molecule has 0 spiro atoms. The van der Waals surface area contributed by atoms with Crippen LogP contribution >= 0.6 is 0 Å². The number of hydrogen-bond donors (Lipinski definition) is 0. The molecule has 1 aromatic carbocycles. The minimum atomic E-state index is 0.111. The Bertz CT molecular complexity index is 282. The van der Waals surface area contributed by atoms with E-state index in [-0.39, 0.29) is 5.78 Å². The molecule has 0 radical (unpaired) electrons. The zero-order chi connectivity index (χ0) is 8.97. The lowest BCUT2D eigenvalue weighted by atomic mass is 10.1.